The average molecular weight is 283 g/mol. The summed E-state index contributed by atoms with van der Waals surface area (Å²) >= 11 is 0. The first-order chi connectivity index (χ1) is 9.00. The van der Waals surface area contributed by atoms with E-state index in [9.17, 15) is 8.42 Å². The molecule has 0 radical (unpaired) electrons. The lowest BCUT2D eigenvalue weighted by Crippen LogP contribution is -2.54. The normalized spacial score (nSPS) is 21.7. The summed E-state index contributed by atoms with van der Waals surface area (Å²) in [6.07, 6.45) is 0. The zero-order valence-corrected chi connectivity index (χ0v) is 12.2. The smallest absolute Gasteiger partial charge is 0.282 e. The van der Waals surface area contributed by atoms with E-state index in [0.29, 0.717) is 26.2 Å². The van der Waals surface area contributed by atoms with Crippen molar-refractivity contribution < 1.29 is 8.42 Å². The Bertz CT molecular complexity index is 504. The third kappa shape index (κ3) is 3.54. The molecule has 0 bridgehead atoms. The molecule has 2 rings (SSSR count). The van der Waals surface area contributed by atoms with Crippen LogP contribution >= 0.6 is 0 Å². The lowest BCUT2D eigenvalue weighted by atomic mass is 10.2. The van der Waals surface area contributed by atoms with Crippen molar-refractivity contribution in [3.05, 3.63) is 35.9 Å². The van der Waals surface area contributed by atoms with Gasteiger partial charge in [0.1, 0.15) is 0 Å². The molecule has 1 aliphatic heterocycles. The number of nitrogens with one attached hydrogen (secondary N) is 1. The van der Waals surface area contributed by atoms with Gasteiger partial charge in [-0.2, -0.15) is 17.0 Å². The summed E-state index contributed by atoms with van der Waals surface area (Å²) in [6.45, 7) is 4.17. The summed E-state index contributed by atoms with van der Waals surface area (Å²) < 4.78 is 27.9. The van der Waals surface area contributed by atoms with Crippen molar-refractivity contribution in [2.24, 2.45) is 0 Å². The fourth-order valence-electron chi connectivity index (χ4n) is 2.23. The fourth-order valence-corrected chi connectivity index (χ4v) is 3.67. The summed E-state index contributed by atoms with van der Waals surface area (Å²) in [5.41, 5.74) is 0.997. The van der Waals surface area contributed by atoms with Gasteiger partial charge in [0.2, 0.25) is 0 Å². The van der Waals surface area contributed by atoms with Crippen molar-refractivity contribution in [2.45, 2.75) is 19.5 Å². The van der Waals surface area contributed by atoms with Gasteiger partial charge >= 0.3 is 0 Å². The van der Waals surface area contributed by atoms with Crippen LogP contribution in [0.4, 0.5) is 0 Å². The van der Waals surface area contributed by atoms with Crippen LogP contribution in [-0.4, -0.2) is 49.8 Å². The number of benzene rings is 1. The highest BCUT2D eigenvalue weighted by atomic mass is 32.2. The van der Waals surface area contributed by atoms with Gasteiger partial charge in [0.15, 0.2) is 0 Å². The fraction of sp³-hybridized carbons (Fsp3) is 0.538. The molecular formula is C13H21N3O2S. The Balaban J connectivity index is 2.06. The molecule has 1 aromatic rings. The topological polar surface area (TPSA) is 52.7 Å². The molecule has 1 heterocycles. The molecule has 19 heavy (non-hydrogen) atoms. The third-order valence-electron chi connectivity index (χ3n) is 3.30. The van der Waals surface area contributed by atoms with Gasteiger partial charge in [0, 0.05) is 39.3 Å². The average Bonchev–Trinajstić information content (AvgIpc) is 2.40. The minimum Gasteiger partial charge on any atom is -0.312 e. The summed E-state index contributed by atoms with van der Waals surface area (Å²) in [5, 5.41) is 3.25. The molecule has 1 unspecified atom stereocenters. The molecule has 1 N–H and O–H groups in total. The number of hydrogen-bond donors (Lipinski definition) is 1. The van der Waals surface area contributed by atoms with Crippen LogP contribution in [-0.2, 0) is 16.8 Å². The van der Waals surface area contributed by atoms with Gasteiger partial charge in [-0.3, -0.25) is 0 Å². The quantitative estimate of drug-likeness (QED) is 0.883. The minimum atomic E-state index is -3.37. The maximum Gasteiger partial charge on any atom is 0.282 e. The first-order valence-electron chi connectivity index (χ1n) is 6.49. The molecule has 1 saturated heterocycles. The predicted octanol–water partition coefficient (Wildman–Crippen LogP) is 0.657. The molecule has 1 atom stereocenters. The maximum absolute atomic E-state index is 12.5. The van der Waals surface area contributed by atoms with E-state index in [2.05, 4.69) is 5.32 Å². The number of hydrogen-bond acceptors (Lipinski definition) is 3. The predicted molar refractivity (Wildman–Crippen MR) is 75.9 cm³/mol. The Morgan fingerprint density at radius 1 is 1.37 bits per heavy atom. The number of piperazine rings is 1. The van der Waals surface area contributed by atoms with Gasteiger partial charge < -0.3 is 5.32 Å². The summed E-state index contributed by atoms with van der Waals surface area (Å²) in [4.78, 5) is 0. The van der Waals surface area contributed by atoms with Crippen LogP contribution < -0.4 is 5.32 Å². The first kappa shape index (κ1) is 14.5. The summed E-state index contributed by atoms with van der Waals surface area (Å²) in [7, 11) is -1.73. The van der Waals surface area contributed by atoms with Crippen molar-refractivity contribution in [3.8, 4) is 0 Å². The van der Waals surface area contributed by atoms with Gasteiger partial charge in [0.25, 0.3) is 10.2 Å². The second-order valence-corrected chi connectivity index (χ2v) is 7.00. The Morgan fingerprint density at radius 2 is 2.05 bits per heavy atom. The second-order valence-electron chi connectivity index (χ2n) is 4.96. The van der Waals surface area contributed by atoms with E-state index in [0.717, 1.165) is 5.56 Å². The van der Waals surface area contributed by atoms with E-state index < -0.39 is 10.2 Å². The Labute approximate surface area is 115 Å². The molecule has 0 aliphatic carbocycles. The molecule has 0 saturated carbocycles. The standard InChI is InChI=1S/C13H21N3O2S/c1-12-10-16(9-8-14-12)19(17,18)15(2)11-13-6-4-3-5-7-13/h3-7,12,14H,8-11H2,1-2H3. The molecule has 0 amide bonds. The third-order valence-corrected chi connectivity index (χ3v) is 5.20. The molecule has 1 aromatic carbocycles. The largest absolute Gasteiger partial charge is 0.312 e. The van der Waals surface area contributed by atoms with Crippen molar-refractivity contribution in [1.29, 1.82) is 0 Å². The van der Waals surface area contributed by atoms with E-state index in [1.54, 1.807) is 11.4 Å². The SMILES string of the molecule is CC1CN(S(=O)(=O)N(C)Cc2ccccc2)CCN1. The Hall–Kier alpha value is -0.950. The van der Waals surface area contributed by atoms with Gasteiger partial charge in [-0.1, -0.05) is 30.3 Å². The summed E-state index contributed by atoms with van der Waals surface area (Å²) in [5.74, 6) is 0. The molecular weight excluding hydrogens is 262 g/mol. The van der Waals surface area contributed by atoms with Crippen molar-refractivity contribution in [1.82, 2.24) is 13.9 Å². The van der Waals surface area contributed by atoms with Crippen molar-refractivity contribution >= 4 is 10.2 Å². The van der Waals surface area contributed by atoms with E-state index >= 15 is 0 Å². The van der Waals surface area contributed by atoms with Crippen LogP contribution in [0.5, 0.6) is 0 Å². The molecule has 1 fully saturated rings. The van der Waals surface area contributed by atoms with Crippen LogP contribution in [0.2, 0.25) is 0 Å². The first-order valence-corrected chi connectivity index (χ1v) is 7.88. The van der Waals surface area contributed by atoms with E-state index in [4.69, 9.17) is 0 Å². The summed E-state index contributed by atoms with van der Waals surface area (Å²) in [6, 6.07) is 9.84. The zero-order chi connectivity index (χ0) is 13.9. The van der Waals surface area contributed by atoms with Crippen LogP contribution in [0.1, 0.15) is 12.5 Å². The van der Waals surface area contributed by atoms with Gasteiger partial charge in [-0.15, -0.1) is 0 Å². The molecule has 5 nitrogen and oxygen atoms in total. The van der Waals surface area contributed by atoms with Gasteiger partial charge in [0.05, 0.1) is 0 Å². The molecule has 0 aromatic heterocycles. The highest BCUT2D eigenvalue weighted by Crippen LogP contribution is 2.13. The van der Waals surface area contributed by atoms with Crippen LogP contribution in [0.3, 0.4) is 0 Å². The number of rotatable bonds is 4. The van der Waals surface area contributed by atoms with Gasteiger partial charge in [-0.05, 0) is 12.5 Å². The van der Waals surface area contributed by atoms with Crippen LogP contribution in [0.25, 0.3) is 0 Å². The molecule has 1 aliphatic rings. The lowest BCUT2D eigenvalue weighted by molar-refractivity contribution is 0.287. The minimum absolute atomic E-state index is 0.202. The Morgan fingerprint density at radius 3 is 2.68 bits per heavy atom. The highest BCUT2D eigenvalue weighted by Gasteiger charge is 2.30. The second kappa shape index (κ2) is 6.00. The van der Waals surface area contributed by atoms with Gasteiger partial charge in [-0.25, -0.2) is 0 Å². The number of nitrogens with zero attached hydrogens (tertiary/aromatic N) is 2. The molecule has 0 spiro atoms. The van der Waals surface area contributed by atoms with E-state index in [-0.39, 0.29) is 6.04 Å². The van der Waals surface area contributed by atoms with E-state index in [1.807, 2.05) is 37.3 Å². The maximum atomic E-state index is 12.5. The Kier molecular flexibility index (Phi) is 4.57. The molecule has 106 valence electrons. The lowest BCUT2D eigenvalue weighted by Gasteiger charge is -2.33. The van der Waals surface area contributed by atoms with E-state index in [1.165, 1.54) is 4.31 Å². The molecule has 6 heteroatoms. The van der Waals surface area contributed by atoms with Crippen molar-refractivity contribution in [3.63, 3.8) is 0 Å². The van der Waals surface area contributed by atoms with Crippen LogP contribution in [0.15, 0.2) is 30.3 Å². The van der Waals surface area contributed by atoms with Crippen LogP contribution in [0, 0.1) is 0 Å². The van der Waals surface area contributed by atoms with Crippen molar-refractivity contribution in [2.75, 3.05) is 26.7 Å². The highest BCUT2D eigenvalue weighted by molar-refractivity contribution is 7.86. The zero-order valence-electron chi connectivity index (χ0n) is 11.4. The monoisotopic (exact) mass is 283 g/mol.